The number of benzene rings is 4. The molecule has 0 spiro atoms. The number of nitrogen functional groups attached to an aromatic ring is 1. The molecule has 0 amide bonds. The zero-order valence-electron chi connectivity index (χ0n) is 30.4. The van der Waals surface area contributed by atoms with E-state index in [0.717, 1.165) is 33.2 Å². The van der Waals surface area contributed by atoms with Gasteiger partial charge in [-0.05, 0) is 100 Å². The summed E-state index contributed by atoms with van der Waals surface area (Å²) in [4.78, 5) is 0. The summed E-state index contributed by atoms with van der Waals surface area (Å²) >= 11 is 6.08. The highest BCUT2D eigenvalue weighted by atomic mass is 35.5. The van der Waals surface area contributed by atoms with Crippen LogP contribution in [-0.4, -0.2) is 11.3 Å². The number of halogens is 1. The summed E-state index contributed by atoms with van der Waals surface area (Å²) in [6.07, 6.45) is 14.6. The Morgan fingerprint density at radius 3 is 1.50 bits per heavy atom. The molecule has 2 saturated carbocycles. The Morgan fingerprint density at radius 2 is 1.02 bits per heavy atom. The van der Waals surface area contributed by atoms with Crippen molar-refractivity contribution in [2.24, 2.45) is 0 Å². The molecule has 0 bridgehead atoms. The highest BCUT2D eigenvalue weighted by Crippen LogP contribution is 2.57. The lowest BCUT2D eigenvalue weighted by Gasteiger charge is -2.40. The third-order valence-electron chi connectivity index (χ3n) is 10.6. The van der Waals surface area contributed by atoms with E-state index in [1.165, 1.54) is 69.8 Å². The Hall–Kier alpha value is -2.60. The van der Waals surface area contributed by atoms with Crippen LogP contribution in [0.25, 0.3) is 22.3 Å². The van der Waals surface area contributed by atoms with E-state index >= 15 is 0 Å². The minimum atomic E-state index is -0.120. The Morgan fingerprint density at radius 1 is 0.562 bits per heavy atom. The molecule has 1 nitrogen and oxygen atoms in total. The molecule has 48 heavy (non-hydrogen) atoms. The fourth-order valence-corrected chi connectivity index (χ4v) is 12.2. The summed E-state index contributed by atoms with van der Waals surface area (Å²) in [6.45, 7) is 14.3. The second kappa shape index (κ2) is 17.4. The van der Waals surface area contributed by atoms with Gasteiger partial charge in [0.25, 0.3) is 0 Å². The Kier molecular flexibility index (Phi) is 13.3. The lowest BCUT2D eigenvalue weighted by Crippen LogP contribution is -2.27. The number of hydrogen-bond acceptors (Lipinski definition) is 1. The number of nitrogens with two attached hydrogens (primary N) is 1. The van der Waals surface area contributed by atoms with Gasteiger partial charge in [0.15, 0.2) is 0 Å². The SMILES string of the molecule is CC(C)c1cc(C(C)C)c(-c2ccccc2P(C2CCCCC2)C2CCCCC2)c(C(C)C)c1.Nc1ccccc1-c1ccccc1Cl. The quantitative estimate of drug-likeness (QED) is 0.146. The predicted molar refractivity (Wildman–Crippen MR) is 216 cm³/mol. The first-order valence-corrected chi connectivity index (χ1v) is 20.7. The van der Waals surface area contributed by atoms with E-state index in [9.17, 15) is 0 Å². The van der Waals surface area contributed by atoms with Gasteiger partial charge in [0, 0.05) is 21.8 Å². The van der Waals surface area contributed by atoms with Crippen molar-refractivity contribution >= 4 is 30.5 Å². The van der Waals surface area contributed by atoms with Gasteiger partial charge in [-0.1, -0.05) is 172 Å². The van der Waals surface area contributed by atoms with Gasteiger partial charge in [-0.15, -0.1) is 0 Å². The van der Waals surface area contributed by atoms with E-state index in [1.54, 1.807) is 27.6 Å². The van der Waals surface area contributed by atoms with Crippen LogP contribution >= 0.6 is 19.5 Å². The lowest BCUT2D eigenvalue weighted by atomic mass is 9.82. The molecule has 2 aliphatic rings. The van der Waals surface area contributed by atoms with Crippen molar-refractivity contribution in [3.05, 3.63) is 107 Å². The topological polar surface area (TPSA) is 26.0 Å². The van der Waals surface area contributed by atoms with Gasteiger partial charge < -0.3 is 5.73 Å². The minimum Gasteiger partial charge on any atom is -0.398 e. The monoisotopic (exact) mass is 679 g/mol. The van der Waals surface area contributed by atoms with Crippen LogP contribution in [0.5, 0.6) is 0 Å². The summed E-state index contributed by atoms with van der Waals surface area (Å²) in [7, 11) is -0.120. The van der Waals surface area contributed by atoms with Crippen LogP contribution < -0.4 is 11.0 Å². The molecule has 0 unspecified atom stereocenters. The zero-order valence-corrected chi connectivity index (χ0v) is 32.1. The highest BCUT2D eigenvalue weighted by Gasteiger charge is 2.34. The molecule has 0 radical (unpaired) electrons. The first kappa shape index (κ1) is 36.7. The van der Waals surface area contributed by atoms with Gasteiger partial charge in [0.2, 0.25) is 0 Å². The molecule has 6 rings (SSSR count). The second-order valence-corrected chi connectivity index (χ2v) is 18.3. The molecule has 0 saturated heterocycles. The van der Waals surface area contributed by atoms with Gasteiger partial charge in [0.05, 0.1) is 0 Å². The van der Waals surface area contributed by atoms with Crippen LogP contribution in [0.1, 0.15) is 140 Å². The molecule has 4 aromatic carbocycles. The van der Waals surface area contributed by atoms with Crippen LogP contribution in [0.2, 0.25) is 5.02 Å². The zero-order chi connectivity index (χ0) is 34.2. The summed E-state index contributed by atoms with van der Waals surface area (Å²) in [6, 6.07) is 30.2. The largest absolute Gasteiger partial charge is 0.398 e. The maximum atomic E-state index is 6.08. The normalized spacial score (nSPS) is 16.1. The molecule has 0 aliphatic heterocycles. The first-order valence-electron chi connectivity index (χ1n) is 18.8. The minimum absolute atomic E-state index is 0.120. The first-order chi connectivity index (χ1) is 23.2. The van der Waals surface area contributed by atoms with Crippen molar-refractivity contribution < 1.29 is 0 Å². The van der Waals surface area contributed by atoms with E-state index in [-0.39, 0.29) is 7.92 Å². The average molecular weight is 680 g/mol. The van der Waals surface area contributed by atoms with Crippen LogP contribution in [0, 0.1) is 0 Å². The third kappa shape index (κ3) is 8.76. The van der Waals surface area contributed by atoms with Crippen LogP contribution in [0.3, 0.4) is 0 Å². The van der Waals surface area contributed by atoms with Crippen molar-refractivity contribution in [2.45, 2.75) is 135 Å². The molecule has 4 aromatic rings. The second-order valence-electron chi connectivity index (χ2n) is 15.1. The van der Waals surface area contributed by atoms with E-state index in [1.807, 2.05) is 48.5 Å². The van der Waals surface area contributed by atoms with E-state index in [4.69, 9.17) is 17.3 Å². The van der Waals surface area contributed by atoms with Gasteiger partial charge in [-0.25, -0.2) is 0 Å². The number of rotatable bonds is 8. The maximum Gasteiger partial charge on any atom is 0.0485 e. The molecule has 0 aromatic heterocycles. The van der Waals surface area contributed by atoms with Crippen molar-refractivity contribution in [2.75, 3.05) is 5.73 Å². The standard InChI is InChI=1S/C33H49P.C12H10ClN/c1-23(2)26-21-30(24(3)4)33(31(22-26)25(5)6)29-19-13-14-20-32(29)34(27-15-9-7-10-16-27)28-17-11-8-12-18-28;13-11-7-3-1-5-9(11)10-6-2-4-8-12(10)14/h13-14,19-25,27-28H,7-12,15-18H2,1-6H3;1-8H,14H2. The van der Waals surface area contributed by atoms with Crippen LogP contribution in [0.4, 0.5) is 5.69 Å². The van der Waals surface area contributed by atoms with Gasteiger partial charge in [-0.2, -0.15) is 0 Å². The van der Waals surface area contributed by atoms with Crippen molar-refractivity contribution in [1.29, 1.82) is 0 Å². The number of hydrogen-bond donors (Lipinski definition) is 1. The molecule has 0 heterocycles. The Labute approximate surface area is 298 Å². The van der Waals surface area contributed by atoms with E-state index in [0.29, 0.717) is 17.8 Å². The number of anilines is 1. The van der Waals surface area contributed by atoms with Crippen molar-refractivity contribution in [3.8, 4) is 22.3 Å². The van der Waals surface area contributed by atoms with Crippen LogP contribution in [-0.2, 0) is 0 Å². The maximum absolute atomic E-state index is 6.08. The molecule has 0 atom stereocenters. The van der Waals surface area contributed by atoms with Gasteiger partial charge >= 0.3 is 0 Å². The molecule has 256 valence electrons. The molecular weight excluding hydrogens is 621 g/mol. The van der Waals surface area contributed by atoms with E-state index < -0.39 is 0 Å². The summed E-state index contributed by atoms with van der Waals surface area (Å²) < 4.78 is 0. The molecular formula is C45H59ClNP. The summed E-state index contributed by atoms with van der Waals surface area (Å²) in [5.74, 6) is 1.64. The van der Waals surface area contributed by atoms with Crippen LogP contribution in [0.15, 0.2) is 84.9 Å². The third-order valence-corrected chi connectivity index (χ3v) is 14.5. The Balaban J connectivity index is 0.000000267. The molecule has 2 fully saturated rings. The molecule has 2 N–H and O–H groups in total. The van der Waals surface area contributed by atoms with Gasteiger partial charge in [0.1, 0.15) is 0 Å². The lowest BCUT2D eigenvalue weighted by molar-refractivity contribution is 0.487. The highest BCUT2D eigenvalue weighted by molar-refractivity contribution is 7.67. The summed E-state index contributed by atoms with van der Waals surface area (Å²) in [5.41, 5.74) is 18.3. The van der Waals surface area contributed by atoms with E-state index in [2.05, 4.69) is 77.9 Å². The fourth-order valence-electron chi connectivity index (χ4n) is 8.01. The average Bonchev–Trinajstić information content (AvgIpc) is 3.10. The van der Waals surface area contributed by atoms with Crippen molar-refractivity contribution in [3.63, 3.8) is 0 Å². The fraction of sp³-hybridized carbons (Fsp3) is 0.467. The van der Waals surface area contributed by atoms with Gasteiger partial charge in [-0.3, -0.25) is 0 Å². The molecule has 2 aliphatic carbocycles. The Bertz CT molecular complexity index is 1520. The number of para-hydroxylation sites is 1. The van der Waals surface area contributed by atoms with Crippen molar-refractivity contribution in [1.82, 2.24) is 0 Å². The smallest absolute Gasteiger partial charge is 0.0485 e. The molecule has 3 heteroatoms. The summed E-state index contributed by atoms with van der Waals surface area (Å²) in [5, 5.41) is 2.47. The predicted octanol–water partition coefficient (Wildman–Crippen LogP) is 14.1.